The molecule has 1 saturated carbocycles. The van der Waals surface area contributed by atoms with Crippen molar-refractivity contribution >= 4 is 28.6 Å². The molecule has 34 heavy (non-hydrogen) atoms. The van der Waals surface area contributed by atoms with E-state index in [1.807, 2.05) is 6.92 Å². The quantitative estimate of drug-likeness (QED) is 0.339. The minimum Gasteiger partial charge on any atom is -0.383 e. The first kappa shape index (κ1) is 23.2. The van der Waals surface area contributed by atoms with Gasteiger partial charge in [-0.3, -0.25) is 10.7 Å². The largest absolute Gasteiger partial charge is 0.383 e. The third kappa shape index (κ3) is 4.67. The van der Waals surface area contributed by atoms with Crippen molar-refractivity contribution in [1.82, 2.24) is 15.6 Å². The molecule has 180 valence electrons. The monoisotopic (exact) mass is 481 g/mol. The molecule has 5 nitrogen and oxygen atoms in total. The van der Waals surface area contributed by atoms with Gasteiger partial charge in [0, 0.05) is 42.6 Å². The van der Waals surface area contributed by atoms with Gasteiger partial charge < -0.3 is 16.1 Å². The number of benzene rings is 2. The van der Waals surface area contributed by atoms with Crippen molar-refractivity contribution in [3.63, 3.8) is 0 Å². The maximum absolute atomic E-state index is 13.7. The number of allylic oxidation sites excluding steroid dienone is 1. The molecule has 1 unspecified atom stereocenters. The third-order valence-electron chi connectivity index (χ3n) is 7.49. The van der Waals surface area contributed by atoms with E-state index in [9.17, 15) is 4.39 Å². The van der Waals surface area contributed by atoms with Gasteiger partial charge in [0.2, 0.25) is 0 Å². The SMILES string of the molecule is C/C(NN)=C1/NCCC(Nc2ccc(F)c(Cl)c2)c2cc(C3=CCN(C4CCC4)CC3)ccc21. The molecule has 0 radical (unpaired) electrons. The maximum atomic E-state index is 13.7. The maximum Gasteiger partial charge on any atom is 0.141 e. The van der Waals surface area contributed by atoms with Gasteiger partial charge in [0.05, 0.1) is 16.8 Å². The molecule has 2 heterocycles. The molecular weight excluding hydrogens is 449 g/mol. The predicted octanol–water partition coefficient (Wildman–Crippen LogP) is 5.42. The Hall–Kier alpha value is -2.54. The fourth-order valence-corrected chi connectivity index (χ4v) is 5.43. The molecule has 1 atom stereocenters. The Morgan fingerprint density at radius 2 is 2.03 bits per heavy atom. The molecule has 0 spiro atoms. The van der Waals surface area contributed by atoms with E-state index >= 15 is 0 Å². The van der Waals surface area contributed by atoms with Gasteiger partial charge >= 0.3 is 0 Å². The number of hydrazine groups is 1. The van der Waals surface area contributed by atoms with Crippen molar-refractivity contribution in [3.8, 4) is 0 Å². The molecule has 3 aliphatic rings. The first-order chi connectivity index (χ1) is 16.5. The predicted molar refractivity (Wildman–Crippen MR) is 139 cm³/mol. The van der Waals surface area contributed by atoms with Crippen LogP contribution in [0.3, 0.4) is 0 Å². The van der Waals surface area contributed by atoms with Crippen LogP contribution in [0.2, 0.25) is 5.02 Å². The molecule has 0 aromatic heterocycles. The van der Waals surface area contributed by atoms with Crippen molar-refractivity contribution in [2.24, 2.45) is 5.84 Å². The van der Waals surface area contributed by atoms with Crippen LogP contribution in [-0.2, 0) is 0 Å². The second-order valence-electron chi connectivity index (χ2n) is 9.55. The molecule has 7 heteroatoms. The number of nitrogens with zero attached hydrogens (tertiary/aromatic N) is 1. The van der Waals surface area contributed by atoms with Crippen molar-refractivity contribution in [2.45, 2.75) is 51.1 Å². The molecule has 2 aromatic rings. The summed E-state index contributed by atoms with van der Waals surface area (Å²) in [5, 5.41) is 7.26. The van der Waals surface area contributed by atoms with E-state index in [-0.39, 0.29) is 11.1 Å². The first-order valence-electron chi connectivity index (χ1n) is 12.2. The van der Waals surface area contributed by atoms with Crippen LogP contribution >= 0.6 is 11.6 Å². The second-order valence-corrected chi connectivity index (χ2v) is 9.95. The van der Waals surface area contributed by atoms with E-state index < -0.39 is 5.82 Å². The first-order valence-corrected chi connectivity index (χ1v) is 12.6. The van der Waals surface area contributed by atoms with E-state index in [0.29, 0.717) is 0 Å². The minimum atomic E-state index is -0.410. The van der Waals surface area contributed by atoms with Crippen LogP contribution in [0.15, 0.2) is 48.2 Å². The highest BCUT2D eigenvalue weighted by molar-refractivity contribution is 6.31. The third-order valence-corrected chi connectivity index (χ3v) is 7.78. The minimum absolute atomic E-state index is 0.0442. The number of hydrogen-bond donors (Lipinski definition) is 4. The smallest absolute Gasteiger partial charge is 0.141 e. The van der Waals surface area contributed by atoms with Gasteiger partial charge in [-0.2, -0.15) is 0 Å². The molecule has 2 aromatic carbocycles. The Balaban J connectivity index is 1.49. The Labute approximate surface area is 206 Å². The molecular formula is C27H33ClFN5. The number of hydrogen-bond acceptors (Lipinski definition) is 5. The molecule has 0 amide bonds. The Bertz CT molecular complexity index is 1120. The zero-order chi connectivity index (χ0) is 23.7. The standard InChI is InChI=1S/C27H33ClFN5/c1-17(33-30)27-22-7-5-19(18-10-13-34(14-11-18)21-3-2-4-21)15-23(22)26(9-12-31-27)32-20-6-8-25(29)24(28)16-20/h5-8,10,15-16,21,26,31-33H,2-4,9,11-14,30H2,1H3/b27-17-. The average molecular weight is 482 g/mol. The van der Waals surface area contributed by atoms with Gasteiger partial charge in [0.25, 0.3) is 0 Å². The lowest BCUT2D eigenvalue weighted by atomic mass is 9.88. The van der Waals surface area contributed by atoms with E-state index in [0.717, 1.165) is 61.2 Å². The molecule has 1 fully saturated rings. The zero-order valence-corrected chi connectivity index (χ0v) is 20.4. The van der Waals surface area contributed by atoms with Crippen LogP contribution in [0.4, 0.5) is 10.1 Å². The van der Waals surface area contributed by atoms with Gasteiger partial charge in [0.1, 0.15) is 5.82 Å². The fraction of sp³-hybridized carbons (Fsp3) is 0.407. The van der Waals surface area contributed by atoms with Crippen LogP contribution in [-0.4, -0.2) is 30.6 Å². The molecule has 0 bridgehead atoms. The lowest BCUT2D eigenvalue weighted by molar-refractivity contribution is 0.141. The number of nitrogens with two attached hydrogens (primary N) is 1. The van der Waals surface area contributed by atoms with E-state index in [4.69, 9.17) is 17.4 Å². The topological polar surface area (TPSA) is 65.3 Å². The summed E-state index contributed by atoms with van der Waals surface area (Å²) in [4.78, 5) is 2.63. The van der Waals surface area contributed by atoms with Gasteiger partial charge in [-0.15, -0.1) is 0 Å². The van der Waals surface area contributed by atoms with Gasteiger partial charge in [-0.05, 0) is 73.6 Å². The summed E-state index contributed by atoms with van der Waals surface area (Å²) in [6, 6.07) is 12.4. The zero-order valence-electron chi connectivity index (χ0n) is 19.6. The molecule has 5 N–H and O–H groups in total. The van der Waals surface area contributed by atoms with Gasteiger partial charge in [0.15, 0.2) is 0 Å². The summed E-state index contributed by atoms with van der Waals surface area (Å²) in [6.45, 7) is 4.93. The number of anilines is 1. The summed E-state index contributed by atoms with van der Waals surface area (Å²) in [6.07, 6.45) is 8.41. The van der Waals surface area contributed by atoms with Crippen LogP contribution < -0.4 is 21.9 Å². The van der Waals surface area contributed by atoms with Gasteiger partial charge in [-0.1, -0.05) is 36.2 Å². The number of rotatable bonds is 5. The van der Waals surface area contributed by atoms with Crippen LogP contribution in [0.1, 0.15) is 61.8 Å². The lowest BCUT2D eigenvalue weighted by Gasteiger charge is -2.39. The van der Waals surface area contributed by atoms with E-state index in [2.05, 4.69) is 45.2 Å². The summed E-state index contributed by atoms with van der Waals surface area (Å²) >= 11 is 6.05. The summed E-state index contributed by atoms with van der Waals surface area (Å²) in [7, 11) is 0. The van der Waals surface area contributed by atoms with E-state index in [1.165, 1.54) is 42.0 Å². The van der Waals surface area contributed by atoms with Crippen LogP contribution in [0, 0.1) is 5.82 Å². The van der Waals surface area contributed by atoms with Crippen molar-refractivity contribution in [1.29, 1.82) is 0 Å². The average Bonchev–Trinajstić information content (AvgIpc) is 2.99. The Morgan fingerprint density at radius 3 is 2.71 bits per heavy atom. The Morgan fingerprint density at radius 1 is 1.18 bits per heavy atom. The number of fused-ring (bicyclic) bond motifs is 1. The highest BCUT2D eigenvalue weighted by Crippen LogP contribution is 2.36. The Kier molecular flexibility index (Phi) is 6.82. The lowest BCUT2D eigenvalue weighted by Crippen LogP contribution is -2.42. The van der Waals surface area contributed by atoms with E-state index in [1.54, 1.807) is 12.1 Å². The van der Waals surface area contributed by atoms with Crippen molar-refractivity contribution in [3.05, 3.63) is 75.7 Å². The van der Waals surface area contributed by atoms with Crippen LogP contribution in [0.5, 0.6) is 0 Å². The molecule has 1 aliphatic carbocycles. The molecule has 5 rings (SSSR count). The normalized spacial score (nSPS) is 22.6. The van der Waals surface area contributed by atoms with Crippen molar-refractivity contribution in [2.75, 3.05) is 25.0 Å². The molecule has 2 aliphatic heterocycles. The summed E-state index contributed by atoms with van der Waals surface area (Å²) in [5.41, 5.74) is 10.5. The highest BCUT2D eigenvalue weighted by Gasteiger charge is 2.27. The summed E-state index contributed by atoms with van der Waals surface area (Å²) in [5.74, 6) is 5.36. The summed E-state index contributed by atoms with van der Waals surface area (Å²) < 4.78 is 13.7. The van der Waals surface area contributed by atoms with Gasteiger partial charge in [-0.25, -0.2) is 4.39 Å². The van der Waals surface area contributed by atoms with Crippen LogP contribution in [0.25, 0.3) is 11.3 Å². The number of halogens is 2. The fourth-order valence-electron chi connectivity index (χ4n) is 5.24. The highest BCUT2D eigenvalue weighted by atomic mass is 35.5. The second kappa shape index (κ2) is 9.98. The number of nitrogens with one attached hydrogen (secondary N) is 3. The van der Waals surface area contributed by atoms with Crippen molar-refractivity contribution < 1.29 is 4.39 Å². The molecule has 0 saturated heterocycles.